The molecule has 84 valence electrons. The number of hydrogen-bond acceptors (Lipinski definition) is 3. The topological polar surface area (TPSA) is 56.2 Å². The number of nitrogen functional groups attached to an aromatic ring is 1. The SMILES string of the molecule is Cc1cccc(-c2ccc3nc(N)nn3c2)c1. The predicted octanol–water partition coefficient (Wildman–Crippen LogP) is 2.29. The van der Waals surface area contributed by atoms with Crippen molar-refractivity contribution >= 4 is 11.6 Å². The van der Waals surface area contributed by atoms with Gasteiger partial charge >= 0.3 is 0 Å². The Kier molecular flexibility index (Phi) is 2.08. The Hall–Kier alpha value is -2.36. The van der Waals surface area contributed by atoms with Crippen LogP contribution in [0, 0.1) is 6.92 Å². The fourth-order valence-electron chi connectivity index (χ4n) is 1.90. The quantitative estimate of drug-likeness (QED) is 0.690. The molecule has 2 heterocycles. The van der Waals surface area contributed by atoms with E-state index < -0.39 is 0 Å². The molecular weight excluding hydrogens is 212 g/mol. The molecular formula is C13H12N4. The van der Waals surface area contributed by atoms with E-state index in [1.54, 1.807) is 4.52 Å². The van der Waals surface area contributed by atoms with Gasteiger partial charge in [-0.3, -0.25) is 0 Å². The third kappa shape index (κ3) is 1.73. The van der Waals surface area contributed by atoms with Crippen LogP contribution in [-0.2, 0) is 0 Å². The van der Waals surface area contributed by atoms with E-state index in [1.165, 1.54) is 11.1 Å². The van der Waals surface area contributed by atoms with Gasteiger partial charge in [0.25, 0.3) is 0 Å². The molecule has 0 radical (unpaired) electrons. The van der Waals surface area contributed by atoms with Gasteiger partial charge in [-0.15, -0.1) is 5.10 Å². The van der Waals surface area contributed by atoms with Crippen LogP contribution in [0.15, 0.2) is 42.6 Å². The molecule has 0 bridgehead atoms. The molecule has 0 aliphatic heterocycles. The van der Waals surface area contributed by atoms with Crippen LogP contribution in [0.4, 0.5) is 5.95 Å². The second-order valence-corrected chi connectivity index (χ2v) is 4.06. The molecule has 0 spiro atoms. The molecule has 0 amide bonds. The van der Waals surface area contributed by atoms with Crippen LogP contribution in [0.2, 0.25) is 0 Å². The minimum Gasteiger partial charge on any atom is -0.366 e. The Morgan fingerprint density at radius 3 is 2.82 bits per heavy atom. The van der Waals surface area contributed by atoms with Gasteiger partial charge in [0.2, 0.25) is 5.95 Å². The molecule has 0 saturated heterocycles. The first-order valence-electron chi connectivity index (χ1n) is 5.41. The van der Waals surface area contributed by atoms with Crippen molar-refractivity contribution in [2.45, 2.75) is 6.92 Å². The zero-order valence-electron chi connectivity index (χ0n) is 9.46. The fourth-order valence-corrected chi connectivity index (χ4v) is 1.90. The van der Waals surface area contributed by atoms with E-state index in [-0.39, 0.29) is 0 Å². The van der Waals surface area contributed by atoms with Crippen molar-refractivity contribution in [1.82, 2.24) is 14.6 Å². The zero-order chi connectivity index (χ0) is 11.8. The molecule has 0 aliphatic carbocycles. The fraction of sp³-hybridized carbons (Fsp3) is 0.0769. The van der Waals surface area contributed by atoms with Crippen molar-refractivity contribution in [3.8, 4) is 11.1 Å². The zero-order valence-corrected chi connectivity index (χ0v) is 9.46. The summed E-state index contributed by atoms with van der Waals surface area (Å²) >= 11 is 0. The van der Waals surface area contributed by atoms with Crippen molar-refractivity contribution in [3.05, 3.63) is 48.2 Å². The number of benzene rings is 1. The van der Waals surface area contributed by atoms with Gasteiger partial charge in [0.1, 0.15) is 0 Å². The van der Waals surface area contributed by atoms with E-state index in [4.69, 9.17) is 5.73 Å². The predicted molar refractivity (Wildman–Crippen MR) is 67.6 cm³/mol. The number of nitrogens with zero attached hydrogens (tertiary/aromatic N) is 3. The molecule has 0 fully saturated rings. The summed E-state index contributed by atoms with van der Waals surface area (Å²) < 4.78 is 1.70. The summed E-state index contributed by atoms with van der Waals surface area (Å²) in [7, 11) is 0. The van der Waals surface area contributed by atoms with Gasteiger partial charge in [-0.1, -0.05) is 29.8 Å². The standard InChI is InChI=1S/C13H12N4/c1-9-3-2-4-10(7-9)11-5-6-12-15-13(14)16-17(12)8-11/h2-8H,1H3,(H2,14,16). The maximum absolute atomic E-state index is 5.56. The summed E-state index contributed by atoms with van der Waals surface area (Å²) in [6.45, 7) is 2.08. The number of fused-ring (bicyclic) bond motifs is 1. The number of aromatic nitrogens is 3. The van der Waals surface area contributed by atoms with Crippen molar-refractivity contribution < 1.29 is 0 Å². The van der Waals surface area contributed by atoms with Gasteiger partial charge in [0, 0.05) is 11.8 Å². The number of nitrogens with two attached hydrogens (primary N) is 1. The van der Waals surface area contributed by atoms with E-state index in [0.29, 0.717) is 5.95 Å². The van der Waals surface area contributed by atoms with Gasteiger partial charge in [-0.25, -0.2) is 4.52 Å². The summed E-state index contributed by atoms with van der Waals surface area (Å²) in [6.07, 6.45) is 1.94. The lowest BCUT2D eigenvalue weighted by Gasteiger charge is -2.02. The molecule has 4 nitrogen and oxygen atoms in total. The van der Waals surface area contributed by atoms with E-state index in [0.717, 1.165) is 11.2 Å². The second kappa shape index (κ2) is 3.59. The lowest BCUT2D eigenvalue weighted by molar-refractivity contribution is 0.969. The van der Waals surface area contributed by atoms with Gasteiger partial charge in [0.15, 0.2) is 5.65 Å². The largest absolute Gasteiger partial charge is 0.366 e. The molecule has 0 unspecified atom stereocenters. The second-order valence-electron chi connectivity index (χ2n) is 4.06. The Balaban J connectivity index is 2.17. The van der Waals surface area contributed by atoms with Crippen LogP contribution in [0.5, 0.6) is 0 Å². The number of pyridine rings is 1. The van der Waals surface area contributed by atoms with Crippen molar-refractivity contribution in [2.24, 2.45) is 0 Å². The molecule has 3 rings (SSSR count). The number of hydrogen-bond donors (Lipinski definition) is 1. The van der Waals surface area contributed by atoms with Gasteiger partial charge < -0.3 is 5.73 Å². The molecule has 0 saturated carbocycles. The summed E-state index contributed by atoms with van der Waals surface area (Å²) in [5, 5.41) is 4.11. The van der Waals surface area contributed by atoms with Crippen LogP contribution in [0.25, 0.3) is 16.8 Å². The van der Waals surface area contributed by atoms with Crippen LogP contribution < -0.4 is 5.73 Å². The highest BCUT2D eigenvalue weighted by Gasteiger charge is 2.02. The number of aryl methyl sites for hydroxylation is 1. The Morgan fingerprint density at radius 1 is 1.12 bits per heavy atom. The molecule has 17 heavy (non-hydrogen) atoms. The third-order valence-corrected chi connectivity index (χ3v) is 2.70. The maximum atomic E-state index is 5.56. The Labute approximate surface area is 98.7 Å². The number of rotatable bonds is 1. The molecule has 2 N–H and O–H groups in total. The normalized spacial score (nSPS) is 10.9. The van der Waals surface area contributed by atoms with Crippen LogP contribution in [0.3, 0.4) is 0 Å². The molecule has 3 aromatic rings. The highest BCUT2D eigenvalue weighted by Crippen LogP contribution is 2.20. The van der Waals surface area contributed by atoms with E-state index in [2.05, 4.69) is 35.2 Å². The van der Waals surface area contributed by atoms with Crippen LogP contribution in [0.1, 0.15) is 5.56 Å². The van der Waals surface area contributed by atoms with Crippen LogP contribution in [-0.4, -0.2) is 14.6 Å². The van der Waals surface area contributed by atoms with Crippen molar-refractivity contribution in [2.75, 3.05) is 5.73 Å². The minimum atomic E-state index is 0.298. The average Bonchev–Trinajstić information content (AvgIpc) is 2.68. The van der Waals surface area contributed by atoms with E-state index in [9.17, 15) is 0 Å². The van der Waals surface area contributed by atoms with E-state index >= 15 is 0 Å². The maximum Gasteiger partial charge on any atom is 0.240 e. The molecule has 4 heteroatoms. The first-order chi connectivity index (χ1) is 8.22. The molecule has 0 atom stereocenters. The Morgan fingerprint density at radius 2 is 2.00 bits per heavy atom. The monoisotopic (exact) mass is 224 g/mol. The average molecular weight is 224 g/mol. The molecule has 0 aliphatic rings. The smallest absolute Gasteiger partial charge is 0.240 e. The minimum absolute atomic E-state index is 0.298. The highest BCUT2D eigenvalue weighted by atomic mass is 15.3. The number of anilines is 1. The first kappa shape index (κ1) is 9.84. The summed E-state index contributed by atoms with van der Waals surface area (Å²) in [6, 6.07) is 12.3. The van der Waals surface area contributed by atoms with Crippen molar-refractivity contribution in [3.63, 3.8) is 0 Å². The third-order valence-electron chi connectivity index (χ3n) is 2.70. The summed E-state index contributed by atoms with van der Waals surface area (Å²) in [5.41, 5.74) is 9.83. The van der Waals surface area contributed by atoms with Gasteiger partial charge in [0.05, 0.1) is 0 Å². The van der Waals surface area contributed by atoms with Gasteiger partial charge in [-0.2, -0.15) is 4.98 Å². The lowest BCUT2D eigenvalue weighted by atomic mass is 10.1. The molecule has 1 aromatic carbocycles. The van der Waals surface area contributed by atoms with Gasteiger partial charge in [-0.05, 0) is 24.6 Å². The summed E-state index contributed by atoms with van der Waals surface area (Å²) in [4.78, 5) is 4.10. The molecule has 2 aromatic heterocycles. The first-order valence-corrected chi connectivity index (χ1v) is 5.41. The van der Waals surface area contributed by atoms with Crippen LogP contribution >= 0.6 is 0 Å². The van der Waals surface area contributed by atoms with Crippen molar-refractivity contribution in [1.29, 1.82) is 0 Å². The Bertz CT molecular complexity index is 685. The summed E-state index contributed by atoms with van der Waals surface area (Å²) in [5.74, 6) is 0.298. The highest BCUT2D eigenvalue weighted by molar-refractivity contribution is 5.65. The lowest BCUT2D eigenvalue weighted by Crippen LogP contribution is -1.90. The van der Waals surface area contributed by atoms with E-state index in [1.807, 2.05) is 24.4 Å².